The van der Waals surface area contributed by atoms with Crippen molar-refractivity contribution in [1.29, 1.82) is 0 Å². The predicted octanol–water partition coefficient (Wildman–Crippen LogP) is 2.31. The molecular weight excluding hydrogens is 120 g/mol. The monoisotopic (exact) mass is 127 g/mol. The summed E-state index contributed by atoms with van der Waals surface area (Å²) in [5.41, 5.74) is 0. The quantitative estimate of drug-likeness (QED) is 0.438. The third-order valence-electron chi connectivity index (χ3n) is 1.09. The first-order valence-corrected chi connectivity index (χ1v) is 3.07. The summed E-state index contributed by atoms with van der Waals surface area (Å²) in [4.78, 5) is 0. The second-order valence-corrected chi connectivity index (χ2v) is 2.41. The van der Waals surface area contributed by atoms with E-state index in [0.29, 0.717) is 0 Å². The molecule has 0 bridgehead atoms. The lowest BCUT2D eigenvalue weighted by atomic mass is 10.1. The molecule has 1 aliphatic rings. The third kappa shape index (κ3) is 1.38. The lowest BCUT2D eigenvalue weighted by Crippen LogP contribution is -1.94. The lowest BCUT2D eigenvalue weighted by molar-refractivity contribution is 1.22. The van der Waals surface area contributed by atoms with Crippen molar-refractivity contribution in [3.63, 3.8) is 0 Å². The van der Waals surface area contributed by atoms with E-state index >= 15 is 0 Å². The SMILES string of the molecule is C[C]1C=CC(Cl)C=C1. The molecule has 0 aromatic carbocycles. The summed E-state index contributed by atoms with van der Waals surface area (Å²) in [7, 11) is 0. The molecule has 0 amide bonds. The Morgan fingerprint density at radius 3 is 2.25 bits per heavy atom. The number of hydrogen-bond acceptors (Lipinski definition) is 0. The molecule has 0 aliphatic heterocycles. The van der Waals surface area contributed by atoms with Crippen molar-refractivity contribution in [2.45, 2.75) is 12.3 Å². The zero-order chi connectivity index (χ0) is 5.98. The van der Waals surface area contributed by atoms with E-state index in [1.54, 1.807) is 0 Å². The fourth-order valence-corrected chi connectivity index (χ4v) is 0.753. The fourth-order valence-electron chi connectivity index (χ4n) is 0.607. The topological polar surface area (TPSA) is 0 Å². The van der Waals surface area contributed by atoms with Crippen LogP contribution in [-0.4, -0.2) is 5.38 Å². The van der Waals surface area contributed by atoms with Gasteiger partial charge in [-0.25, -0.2) is 0 Å². The molecule has 0 saturated carbocycles. The van der Waals surface area contributed by atoms with E-state index in [1.807, 2.05) is 24.3 Å². The zero-order valence-electron chi connectivity index (χ0n) is 4.76. The minimum Gasteiger partial charge on any atom is -0.114 e. The van der Waals surface area contributed by atoms with Gasteiger partial charge in [0.1, 0.15) is 0 Å². The van der Waals surface area contributed by atoms with Crippen LogP contribution in [0.1, 0.15) is 6.92 Å². The number of alkyl halides is 1. The van der Waals surface area contributed by atoms with Crippen LogP contribution < -0.4 is 0 Å². The van der Waals surface area contributed by atoms with Crippen molar-refractivity contribution in [3.8, 4) is 0 Å². The molecule has 0 heterocycles. The molecule has 43 valence electrons. The fraction of sp³-hybridized carbons (Fsp3) is 0.286. The van der Waals surface area contributed by atoms with E-state index in [0.717, 1.165) is 0 Å². The van der Waals surface area contributed by atoms with Crippen LogP contribution in [0.25, 0.3) is 0 Å². The number of allylic oxidation sites excluding steroid dienone is 4. The lowest BCUT2D eigenvalue weighted by Gasteiger charge is -2.04. The van der Waals surface area contributed by atoms with Crippen LogP contribution in [0.3, 0.4) is 0 Å². The maximum Gasteiger partial charge on any atom is 0.0697 e. The smallest absolute Gasteiger partial charge is 0.0697 e. The maximum atomic E-state index is 5.69. The Labute approximate surface area is 54.8 Å². The Morgan fingerprint density at radius 1 is 1.38 bits per heavy atom. The van der Waals surface area contributed by atoms with Gasteiger partial charge in [-0.1, -0.05) is 31.2 Å². The highest BCUT2D eigenvalue weighted by Gasteiger charge is 2.00. The second-order valence-electron chi connectivity index (χ2n) is 1.91. The summed E-state index contributed by atoms with van der Waals surface area (Å²) in [6.07, 6.45) is 7.99. The third-order valence-corrected chi connectivity index (χ3v) is 1.38. The first-order chi connectivity index (χ1) is 3.79. The Morgan fingerprint density at radius 2 is 1.88 bits per heavy atom. The van der Waals surface area contributed by atoms with Crippen molar-refractivity contribution in [3.05, 3.63) is 30.2 Å². The highest BCUT2D eigenvalue weighted by Crippen LogP contribution is 2.13. The minimum absolute atomic E-state index is 0.110. The van der Waals surface area contributed by atoms with Crippen LogP contribution in [0.15, 0.2) is 24.3 Å². The summed E-state index contributed by atoms with van der Waals surface area (Å²) in [6.45, 7) is 2.05. The molecule has 8 heavy (non-hydrogen) atoms. The van der Waals surface area contributed by atoms with Gasteiger partial charge < -0.3 is 0 Å². The van der Waals surface area contributed by atoms with Crippen LogP contribution in [-0.2, 0) is 0 Å². The molecule has 0 aromatic rings. The summed E-state index contributed by atoms with van der Waals surface area (Å²) in [6, 6.07) is 0. The van der Waals surface area contributed by atoms with E-state index in [2.05, 4.69) is 6.92 Å². The van der Waals surface area contributed by atoms with Crippen LogP contribution in [0.4, 0.5) is 0 Å². The normalized spacial score (nSPS) is 22.2. The van der Waals surface area contributed by atoms with Crippen molar-refractivity contribution in [1.82, 2.24) is 0 Å². The highest BCUT2D eigenvalue weighted by atomic mass is 35.5. The molecule has 0 atom stereocenters. The molecule has 0 saturated heterocycles. The van der Waals surface area contributed by atoms with Crippen LogP contribution >= 0.6 is 11.6 Å². The number of rotatable bonds is 0. The van der Waals surface area contributed by atoms with Crippen LogP contribution in [0, 0.1) is 5.92 Å². The van der Waals surface area contributed by atoms with Gasteiger partial charge in [0.15, 0.2) is 0 Å². The van der Waals surface area contributed by atoms with Crippen molar-refractivity contribution < 1.29 is 0 Å². The Kier molecular flexibility index (Phi) is 1.74. The van der Waals surface area contributed by atoms with Crippen LogP contribution in [0.5, 0.6) is 0 Å². The highest BCUT2D eigenvalue weighted by molar-refractivity contribution is 6.23. The van der Waals surface area contributed by atoms with Gasteiger partial charge in [-0.2, -0.15) is 0 Å². The van der Waals surface area contributed by atoms with E-state index in [-0.39, 0.29) is 5.38 Å². The molecule has 0 unspecified atom stereocenters. The summed E-state index contributed by atoms with van der Waals surface area (Å²) >= 11 is 5.69. The zero-order valence-corrected chi connectivity index (χ0v) is 5.52. The van der Waals surface area contributed by atoms with E-state index in [1.165, 1.54) is 5.92 Å². The van der Waals surface area contributed by atoms with Gasteiger partial charge in [-0.15, -0.1) is 11.6 Å². The van der Waals surface area contributed by atoms with Gasteiger partial charge >= 0.3 is 0 Å². The van der Waals surface area contributed by atoms with Gasteiger partial charge in [0.05, 0.1) is 5.38 Å². The molecule has 0 nitrogen and oxygen atoms in total. The first-order valence-electron chi connectivity index (χ1n) is 2.63. The van der Waals surface area contributed by atoms with E-state index in [4.69, 9.17) is 11.6 Å². The largest absolute Gasteiger partial charge is 0.114 e. The predicted molar refractivity (Wildman–Crippen MR) is 36.8 cm³/mol. The molecule has 1 heteroatoms. The Hall–Kier alpha value is -0.230. The molecule has 0 fully saturated rings. The molecular formula is C7H8Cl. The van der Waals surface area contributed by atoms with Crippen LogP contribution in [0.2, 0.25) is 0 Å². The van der Waals surface area contributed by atoms with Gasteiger partial charge in [0, 0.05) is 5.92 Å². The first kappa shape index (κ1) is 5.90. The summed E-state index contributed by atoms with van der Waals surface area (Å²) in [5.74, 6) is 1.27. The van der Waals surface area contributed by atoms with E-state index < -0.39 is 0 Å². The van der Waals surface area contributed by atoms with Gasteiger partial charge in [0.2, 0.25) is 0 Å². The second kappa shape index (κ2) is 2.36. The number of hydrogen-bond donors (Lipinski definition) is 0. The van der Waals surface area contributed by atoms with Crippen molar-refractivity contribution in [2.24, 2.45) is 0 Å². The van der Waals surface area contributed by atoms with Gasteiger partial charge in [0.25, 0.3) is 0 Å². The average molecular weight is 128 g/mol. The van der Waals surface area contributed by atoms with E-state index in [9.17, 15) is 0 Å². The summed E-state index contributed by atoms with van der Waals surface area (Å²) in [5, 5.41) is 0.110. The van der Waals surface area contributed by atoms with Crippen molar-refractivity contribution >= 4 is 11.6 Å². The molecule has 1 aliphatic carbocycles. The molecule has 0 aromatic heterocycles. The minimum atomic E-state index is 0.110. The van der Waals surface area contributed by atoms with Gasteiger partial charge in [-0.05, 0) is 0 Å². The maximum absolute atomic E-state index is 5.69. The molecule has 0 spiro atoms. The molecule has 1 rings (SSSR count). The molecule has 1 radical (unpaired) electrons. The molecule has 0 N–H and O–H groups in total. The van der Waals surface area contributed by atoms with Gasteiger partial charge in [-0.3, -0.25) is 0 Å². The standard InChI is InChI=1S/C7H8Cl/c1-6-2-4-7(8)5-3-6/h2-5,7H,1H3. The Balaban J connectivity index is 2.54. The number of halogens is 1. The Bertz CT molecular complexity index is 96.3. The van der Waals surface area contributed by atoms with Crippen molar-refractivity contribution in [2.75, 3.05) is 0 Å². The average Bonchev–Trinajstić information content (AvgIpc) is 1.77. The summed E-state index contributed by atoms with van der Waals surface area (Å²) < 4.78 is 0.